The maximum Gasteiger partial charge on any atom is 0.322 e. The van der Waals surface area contributed by atoms with E-state index < -0.39 is 5.91 Å². The van der Waals surface area contributed by atoms with Gasteiger partial charge in [-0.05, 0) is 19.1 Å². The summed E-state index contributed by atoms with van der Waals surface area (Å²) in [4.78, 5) is 12.1. The van der Waals surface area contributed by atoms with Gasteiger partial charge in [0.15, 0.2) is 5.69 Å². The van der Waals surface area contributed by atoms with Gasteiger partial charge in [0.2, 0.25) is 0 Å². The van der Waals surface area contributed by atoms with Gasteiger partial charge < -0.3 is 4.42 Å². The largest absolute Gasteiger partial charge is 0.403 e. The van der Waals surface area contributed by atoms with Gasteiger partial charge in [-0.15, -0.1) is 5.10 Å². The van der Waals surface area contributed by atoms with Crippen LogP contribution in [-0.4, -0.2) is 25.9 Å². The van der Waals surface area contributed by atoms with E-state index in [1.165, 1.54) is 0 Å². The summed E-state index contributed by atoms with van der Waals surface area (Å²) in [5.41, 5.74) is 1.66. The van der Waals surface area contributed by atoms with Crippen molar-refractivity contribution in [2.45, 2.75) is 6.92 Å². The number of hydrogen-bond donors (Lipinski definition) is 1. The molecule has 0 saturated carbocycles. The highest BCUT2D eigenvalue weighted by Crippen LogP contribution is 2.27. The molecule has 1 amide bonds. The van der Waals surface area contributed by atoms with Crippen molar-refractivity contribution in [3.63, 3.8) is 0 Å². The molecule has 0 unspecified atom stereocenters. The van der Waals surface area contributed by atoms with Crippen molar-refractivity contribution in [1.82, 2.24) is 20.0 Å². The third kappa shape index (κ3) is 2.71. The maximum absolute atomic E-state index is 12.1. The molecule has 22 heavy (non-hydrogen) atoms. The van der Waals surface area contributed by atoms with E-state index in [2.05, 4.69) is 20.6 Å². The lowest BCUT2D eigenvalue weighted by Crippen LogP contribution is -2.14. The lowest BCUT2D eigenvalue weighted by molar-refractivity contribution is 0.101. The van der Waals surface area contributed by atoms with Crippen LogP contribution in [0.25, 0.3) is 11.5 Å². The van der Waals surface area contributed by atoms with Crippen molar-refractivity contribution < 1.29 is 9.21 Å². The summed E-state index contributed by atoms with van der Waals surface area (Å²) in [5.74, 6) is -0.175. The zero-order valence-corrected chi connectivity index (χ0v) is 12.6. The number of rotatable bonds is 3. The van der Waals surface area contributed by atoms with Crippen LogP contribution >= 0.6 is 11.6 Å². The number of halogens is 1. The molecule has 2 heterocycles. The van der Waals surface area contributed by atoms with Gasteiger partial charge in [0.25, 0.3) is 11.8 Å². The van der Waals surface area contributed by atoms with Gasteiger partial charge >= 0.3 is 6.01 Å². The van der Waals surface area contributed by atoms with E-state index in [0.717, 1.165) is 5.56 Å². The number of anilines is 1. The fraction of sp³-hybridized carbons (Fsp3) is 0.143. The van der Waals surface area contributed by atoms with Gasteiger partial charge in [0, 0.05) is 18.8 Å². The van der Waals surface area contributed by atoms with Crippen LogP contribution in [0.15, 0.2) is 34.9 Å². The number of carbonyl (C=O) groups is 1. The average Bonchev–Trinajstić information content (AvgIpc) is 3.06. The molecule has 0 atom stereocenters. The molecule has 0 saturated heterocycles. The van der Waals surface area contributed by atoms with Crippen LogP contribution in [0.3, 0.4) is 0 Å². The fourth-order valence-corrected chi connectivity index (χ4v) is 2.22. The van der Waals surface area contributed by atoms with E-state index in [1.807, 2.05) is 0 Å². The molecule has 112 valence electrons. The van der Waals surface area contributed by atoms with E-state index in [0.29, 0.717) is 16.3 Å². The van der Waals surface area contributed by atoms with Gasteiger partial charge in [-0.3, -0.25) is 14.8 Å². The first kappa shape index (κ1) is 14.3. The highest BCUT2D eigenvalue weighted by molar-refractivity contribution is 6.33. The Balaban J connectivity index is 1.82. The van der Waals surface area contributed by atoms with Gasteiger partial charge in [0.05, 0.1) is 10.6 Å². The number of benzene rings is 1. The predicted octanol–water partition coefficient (Wildman–Crippen LogP) is 2.68. The Bertz CT molecular complexity index is 839. The zero-order valence-electron chi connectivity index (χ0n) is 11.9. The Morgan fingerprint density at radius 3 is 2.77 bits per heavy atom. The summed E-state index contributed by atoms with van der Waals surface area (Å²) >= 11 is 6.07. The summed E-state index contributed by atoms with van der Waals surface area (Å²) in [6.45, 7) is 1.80. The van der Waals surface area contributed by atoms with Gasteiger partial charge in [-0.25, -0.2) is 0 Å². The molecule has 0 aliphatic rings. The Kier molecular flexibility index (Phi) is 3.64. The monoisotopic (exact) mass is 317 g/mol. The molecule has 1 N–H and O–H groups in total. The van der Waals surface area contributed by atoms with Crippen LogP contribution in [0.5, 0.6) is 0 Å². The van der Waals surface area contributed by atoms with Gasteiger partial charge in [-0.2, -0.15) is 5.10 Å². The van der Waals surface area contributed by atoms with Crippen molar-refractivity contribution in [2.75, 3.05) is 5.32 Å². The van der Waals surface area contributed by atoms with E-state index in [-0.39, 0.29) is 11.9 Å². The first-order chi connectivity index (χ1) is 10.5. The van der Waals surface area contributed by atoms with E-state index in [1.54, 1.807) is 49.1 Å². The van der Waals surface area contributed by atoms with Crippen molar-refractivity contribution in [3.05, 3.63) is 46.7 Å². The molecule has 8 heteroatoms. The number of aryl methyl sites for hydroxylation is 2. The first-order valence-corrected chi connectivity index (χ1v) is 6.82. The normalized spacial score (nSPS) is 10.7. The minimum atomic E-state index is -0.410. The highest BCUT2D eigenvalue weighted by atomic mass is 35.5. The maximum atomic E-state index is 12.1. The Labute approximate surface area is 130 Å². The number of nitrogens with one attached hydrogen (secondary N) is 1. The number of carbonyl (C=O) groups excluding carboxylic acids is 1. The molecule has 0 fully saturated rings. The lowest BCUT2D eigenvalue weighted by atomic mass is 10.2. The SMILES string of the molecule is Cc1cn(C)nc1C(=O)Nc1nnc(-c2ccccc2Cl)o1. The number of nitrogens with zero attached hydrogens (tertiary/aromatic N) is 4. The van der Waals surface area contributed by atoms with E-state index >= 15 is 0 Å². The van der Waals surface area contributed by atoms with Crippen LogP contribution in [0.1, 0.15) is 16.1 Å². The third-order valence-corrected chi connectivity index (χ3v) is 3.31. The van der Waals surface area contributed by atoms with E-state index in [9.17, 15) is 4.79 Å². The smallest absolute Gasteiger partial charge is 0.322 e. The second-order valence-electron chi connectivity index (χ2n) is 4.68. The summed E-state index contributed by atoms with van der Waals surface area (Å²) in [6.07, 6.45) is 1.75. The van der Waals surface area contributed by atoms with Crippen molar-refractivity contribution >= 4 is 23.5 Å². The van der Waals surface area contributed by atoms with Crippen molar-refractivity contribution in [1.29, 1.82) is 0 Å². The number of amides is 1. The topological polar surface area (TPSA) is 85.8 Å². The van der Waals surface area contributed by atoms with Crippen LogP contribution in [0.4, 0.5) is 6.01 Å². The number of hydrogen-bond acceptors (Lipinski definition) is 5. The zero-order chi connectivity index (χ0) is 15.7. The summed E-state index contributed by atoms with van der Waals surface area (Å²) < 4.78 is 6.98. The molecule has 0 aliphatic heterocycles. The van der Waals surface area contributed by atoms with Crippen LogP contribution in [0, 0.1) is 6.92 Å². The third-order valence-electron chi connectivity index (χ3n) is 2.98. The van der Waals surface area contributed by atoms with Gasteiger partial charge in [0.1, 0.15) is 0 Å². The second-order valence-corrected chi connectivity index (χ2v) is 5.09. The molecule has 0 radical (unpaired) electrons. The molecule has 2 aromatic heterocycles. The molecule has 0 bridgehead atoms. The number of aromatic nitrogens is 4. The Hall–Kier alpha value is -2.67. The van der Waals surface area contributed by atoms with Crippen molar-refractivity contribution in [2.24, 2.45) is 7.05 Å². The second kappa shape index (κ2) is 5.61. The molecule has 3 aromatic rings. The summed E-state index contributed by atoms with van der Waals surface area (Å²) in [7, 11) is 1.74. The minimum Gasteiger partial charge on any atom is -0.403 e. The predicted molar refractivity (Wildman–Crippen MR) is 80.6 cm³/mol. The fourth-order valence-electron chi connectivity index (χ4n) is 2.00. The Morgan fingerprint density at radius 1 is 1.32 bits per heavy atom. The lowest BCUT2D eigenvalue weighted by Gasteiger charge is -1.98. The van der Waals surface area contributed by atoms with Crippen LogP contribution in [0.2, 0.25) is 5.02 Å². The Morgan fingerprint density at radius 2 is 2.09 bits per heavy atom. The molecule has 0 spiro atoms. The first-order valence-electron chi connectivity index (χ1n) is 6.44. The van der Waals surface area contributed by atoms with Crippen molar-refractivity contribution in [3.8, 4) is 11.5 Å². The summed E-state index contributed by atoms with van der Waals surface area (Å²) in [6, 6.07) is 7.07. The molecule has 3 rings (SSSR count). The minimum absolute atomic E-state index is 0.00928. The molecular weight excluding hydrogens is 306 g/mol. The standard InChI is InChI=1S/C14H12ClN5O2/c1-8-7-20(2)19-11(8)12(21)16-14-18-17-13(22-14)9-5-3-4-6-10(9)15/h3-7H,1-2H3,(H,16,18,21). The molecule has 7 nitrogen and oxygen atoms in total. The molecule has 1 aromatic carbocycles. The van der Waals surface area contributed by atoms with Gasteiger partial charge in [-0.1, -0.05) is 28.8 Å². The quantitative estimate of drug-likeness (QED) is 0.802. The van der Waals surface area contributed by atoms with Crippen LogP contribution in [-0.2, 0) is 7.05 Å². The summed E-state index contributed by atoms with van der Waals surface area (Å²) in [5, 5.41) is 14.8. The molecule has 0 aliphatic carbocycles. The highest BCUT2D eigenvalue weighted by Gasteiger charge is 2.17. The van der Waals surface area contributed by atoms with Crippen LogP contribution < -0.4 is 5.32 Å². The van der Waals surface area contributed by atoms with E-state index in [4.69, 9.17) is 16.0 Å². The average molecular weight is 318 g/mol. The molecular formula is C14H12ClN5O2.